The number of aliphatic hydroxyl groups excluding tert-OH is 2. The van der Waals surface area contributed by atoms with Gasteiger partial charge in [0.15, 0.2) is 0 Å². The first-order chi connectivity index (χ1) is 7.04. The van der Waals surface area contributed by atoms with Gasteiger partial charge in [0, 0.05) is 10.3 Å². The Morgan fingerprint density at radius 2 is 1.93 bits per heavy atom. The van der Waals surface area contributed by atoms with E-state index < -0.39 is 5.41 Å². The molecule has 2 nitrogen and oxygen atoms in total. The average molecular weight is 249 g/mol. The summed E-state index contributed by atoms with van der Waals surface area (Å²) in [5, 5.41) is 18.9. The standard InChI is InChI=1S/C11H17ClO2S/c1-8(2)11(6-13,7-14)5-9-3-4-10(12)15-9/h3-4,8,13-14H,5-7H2,1-2H3. The van der Waals surface area contributed by atoms with Crippen LogP contribution in [0.15, 0.2) is 12.1 Å². The zero-order valence-corrected chi connectivity index (χ0v) is 10.6. The van der Waals surface area contributed by atoms with Gasteiger partial charge in [-0.2, -0.15) is 0 Å². The Bertz CT molecular complexity index is 305. The summed E-state index contributed by atoms with van der Waals surface area (Å²) < 4.78 is 0.749. The number of halogens is 1. The summed E-state index contributed by atoms with van der Waals surface area (Å²) in [5.41, 5.74) is -0.436. The van der Waals surface area contributed by atoms with Gasteiger partial charge in [-0.05, 0) is 24.5 Å². The topological polar surface area (TPSA) is 40.5 Å². The monoisotopic (exact) mass is 248 g/mol. The van der Waals surface area contributed by atoms with Crippen LogP contribution in [0.2, 0.25) is 4.34 Å². The highest BCUT2D eigenvalue weighted by molar-refractivity contribution is 7.16. The molecule has 0 aliphatic carbocycles. The lowest BCUT2D eigenvalue weighted by Crippen LogP contribution is -2.37. The van der Waals surface area contributed by atoms with E-state index in [1.165, 1.54) is 11.3 Å². The van der Waals surface area contributed by atoms with E-state index in [-0.39, 0.29) is 19.1 Å². The smallest absolute Gasteiger partial charge is 0.0931 e. The molecule has 0 aliphatic rings. The van der Waals surface area contributed by atoms with Gasteiger partial charge < -0.3 is 10.2 Å². The van der Waals surface area contributed by atoms with E-state index in [0.717, 1.165) is 9.21 Å². The van der Waals surface area contributed by atoms with E-state index in [1.54, 1.807) is 0 Å². The van der Waals surface area contributed by atoms with Crippen molar-refractivity contribution in [2.24, 2.45) is 11.3 Å². The molecular formula is C11H17ClO2S. The van der Waals surface area contributed by atoms with Crippen molar-refractivity contribution in [3.63, 3.8) is 0 Å². The average Bonchev–Trinajstić information content (AvgIpc) is 2.60. The van der Waals surface area contributed by atoms with E-state index in [2.05, 4.69) is 0 Å². The molecule has 1 aromatic heterocycles. The van der Waals surface area contributed by atoms with E-state index in [1.807, 2.05) is 26.0 Å². The van der Waals surface area contributed by atoms with E-state index >= 15 is 0 Å². The summed E-state index contributed by atoms with van der Waals surface area (Å²) in [5.74, 6) is 0.230. The van der Waals surface area contributed by atoms with Gasteiger partial charge >= 0.3 is 0 Å². The van der Waals surface area contributed by atoms with Crippen molar-refractivity contribution in [2.75, 3.05) is 13.2 Å². The fourth-order valence-corrected chi connectivity index (χ4v) is 2.77. The van der Waals surface area contributed by atoms with Gasteiger partial charge in [0.05, 0.1) is 17.6 Å². The zero-order chi connectivity index (χ0) is 11.5. The SMILES string of the molecule is CC(C)C(CO)(CO)Cc1ccc(Cl)s1. The summed E-state index contributed by atoms with van der Waals surface area (Å²) in [7, 11) is 0. The Morgan fingerprint density at radius 1 is 1.33 bits per heavy atom. The van der Waals surface area contributed by atoms with Crippen molar-refractivity contribution in [1.82, 2.24) is 0 Å². The summed E-state index contributed by atoms with van der Waals surface area (Å²) in [6.07, 6.45) is 0.676. The van der Waals surface area contributed by atoms with Gasteiger partial charge in [-0.3, -0.25) is 0 Å². The van der Waals surface area contributed by atoms with Crippen molar-refractivity contribution >= 4 is 22.9 Å². The second-order valence-corrected chi connectivity index (χ2v) is 6.02. The van der Waals surface area contributed by atoms with Crippen molar-refractivity contribution in [1.29, 1.82) is 0 Å². The lowest BCUT2D eigenvalue weighted by molar-refractivity contribution is 0.0170. The van der Waals surface area contributed by atoms with E-state index in [4.69, 9.17) is 11.6 Å². The summed E-state index contributed by atoms with van der Waals surface area (Å²) in [6.45, 7) is 4.02. The molecule has 0 saturated carbocycles. The van der Waals surface area contributed by atoms with E-state index in [9.17, 15) is 10.2 Å². The third-order valence-electron chi connectivity index (χ3n) is 3.01. The minimum absolute atomic E-state index is 0.00329. The van der Waals surface area contributed by atoms with Gasteiger partial charge in [-0.15, -0.1) is 11.3 Å². The van der Waals surface area contributed by atoms with Crippen molar-refractivity contribution in [3.8, 4) is 0 Å². The van der Waals surface area contributed by atoms with Gasteiger partial charge in [0.25, 0.3) is 0 Å². The van der Waals surface area contributed by atoms with Crippen LogP contribution in [0, 0.1) is 11.3 Å². The molecular weight excluding hydrogens is 232 g/mol. The number of hydrogen-bond donors (Lipinski definition) is 2. The molecule has 0 unspecified atom stereocenters. The first kappa shape index (κ1) is 13.0. The van der Waals surface area contributed by atoms with Crippen LogP contribution in [-0.4, -0.2) is 23.4 Å². The van der Waals surface area contributed by atoms with Crippen LogP contribution in [0.3, 0.4) is 0 Å². The van der Waals surface area contributed by atoms with Crippen LogP contribution in [0.25, 0.3) is 0 Å². The first-order valence-corrected chi connectivity index (χ1v) is 6.19. The Kier molecular flexibility index (Phi) is 4.59. The summed E-state index contributed by atoms with van der Waals surface area (Å²) >= 11 is 7.35. The van der Waals surface area contributed by atoms with Crippen LogP contribution < -0.4 is 0 Å². The number of hydrogen-bond acceptors (Lipinski definition) is 3. The lowest BCUT2D eigenvalue weighted by atomic mass is 9.75. The third kappa shape index (κ3) is 2.94. The Balaban J connectivity index is 2.83. The molecule has 1 aromatic rings. The summed E-state index contributed by atoms with van der Waals surface area (Å²) in [6, 6.07) is 3.80. The maximum absolute atomic E-state index is 9.43. The first-order valence-electron chi connectivity index (χ1n) is 5.00. The Hall–Kier alpha value is -0.0900. The predicted molar refractivity (Wildman–Crippen MR) is 64.5 cm³/mol. The predicted octanol–water partition coefficient (Wildman–Crippen LogP) is 2.57. The highest BCUT2D eigenvalue weighted by Gasteiger charge is 2.33. The number of aliphatic hydroxyl groups is 2. The maximum Gasteiger partial charge on any atom is 0.0931 e. The molecule has 0 aliphatic heterocycles. The quantitative estimate of drug-likeness (QED) is 0.841. The number of rotatable bonds is 5. The van der Waals surface area contributed by atoms with Gasteiger partial charge in [-0.25, -0.2) is 0 Å². The second-order valence-electron chi connectivity index (χ2n) is 4.22. The molecule has 1 rings (SSSR count). The lowest BCUT2D eigenvalue weighted by Gasteiger charge is -2.33. The van der Waals surface area contributed by atoms with Crippen LogP contribution >= 0.6 is 22.9 Å². The zero-order valence-electron chi connectivity index (χ0n) is 9.03. The van der Waals surface area contributed by atoms with Crippen LogP contribution in [0.4, 0.5) is 0 Å². The fourth-order valence-electron chi connectivity index (χ4n) is 1.52. The molecule has 4 heteroatoms. The van der Waals surface area contributed by atoms with Gasteiger partial charge in [0.1, 0.15) is 0 Å². The van der Waals surface area contributed by atoms with Crippen LogP contribution in [-0.2, 0) is 6.42 Å². The minimum Gasteiger partial charge on any atom is -0.396 e. The molecule has 0 amide bonds. The van der Waals surface area contributed by atoms with Gasteiger partial charge in [0.2, 0.25) is 0 Å². The Morgan fingerprint density at radius 3 is 2.27 bits per heavy atom. The van der Waals surface area contributed by atoms with Crippen LogP contribution in [0.5, 0.6) is 0 Å². The highest BCUT2D eigenvalue weighted by Crippen LogP contribution is 2.34. The van der Waals surface area contributed by atoms with E-state index in [0.29, 0.717) is 6.42 Å². The largest absolute Gasteiger partial charge is 0.396 e. The minimum atomic E-state index is -0.436. The Labute approximate surface area is 99.5 Å². The molecule has 0 fully saturated rings. The normalized spacial score (nSPS) is 12.4. The molecule has 0 bridgehead atoms. The summed E-state index contributed by atoms with van der Waals surface area (Å²) in [4.78, 5) is 1.11. The molecule has 2 N–H and O–H groups in total. The van der Waals surface area contributed by atoms with Crippen molar-refractivity contribution in [3.05, 3.63) is 21.3 Å². The molecule has 0 spiro atoms. The molecule has 0 atom stereocenters. The highest BCUT2D eigenvalue weighted by atomic mass is 35.5. The molecule has 0 saturated heterocycles. The molecule has 15 heavy (non-hydrogen) atoms. The van der Waals surface area contributed by atoms with Crippen molar-refractivity contribution < 1.29 is 10.2 Å². The molecule has 0 aromatic carbocycles. The van der Waals surface area contributed by atoms with Crippen LogP contribution in [0.1, 0.15) is 18.7 Å². The maximum atomic E-state index is 9.43. The fraction of sp³-hybridized carbons (Fsp3) is 0.636. The van der Waals surface area contributed by atoms with Gasteiger partial charge in [-0.1, -0.05) is 25.4 Å². The molecule has 0 radical (unpaired) electrons. The molecule has 1 heterocycles. The second kappa shape index (κ2) is 5.30. The number of thiophene rings is 1. The van der Waals surface area contributed by atoms with Crippen molar-refractivity contribution in [2.45, 2.75) is 20.3 Å². The molecule has 86 valence electrons. The third-order valence-corrected chi connectivity index (χ3v) is 4.24.